The average molecular weight is 375 g/mol. The van der Waals surface area contributed by atoms with Crippen LogP contribution in [0.25, 0.3) is 11.5 Å². The molecule has 5 nitrogen and oxygen atoms in total. The maximum atomic E-state index is 13.0. The molecule has 0 unspecified atom stereocenters. The number of carbonyl (C=O) groups excluding carboxylic acids is 1. The first kappa shape index (κ1) is 18.5. The van der Waals surface area contributed by atoms with Gasteiger partial charge in [-0.25, -0.2) is 4.98 Å². The number of anilines is 1. The number of halogens is 3. The zero-order valence-corrected chi connectivity index (χ0v) is 14.3. The monoisotopic (exact) mass is 375 g/mol. The Hall–Kier alpha value is -3.29. The summed E-state index contributed by atoms with van der Waals surface area (Å²) in [6, 6.07) is 14.1. The second kappa shape index (κ2) is 7.53. The Kier molecular flexibility index (Phi) is 5.16. The van der Waals surface area contributed by atoms with E-state index in [-0.39, 0.29) is 12.1 Å². The summed E-state index contributed by atoms with van der Waals surface area (Å²) in [6.07, 6.45) is -4.66. The number of hydrogen-bond donors (Lipinski definition) is 2. The fourth-order valence-corrected chi connectivity index (χ4v) is 2.47. The molecule has 3 aromatic rings. The van der Waals surface area contributed by atoms with E-state index in [0.717, 1.165) is 11.6 Å². The van der Waals surface area contributed by atoms with Crippen molar-refractivity contribution >= 4 is 11.6 Å². The lowest BCUT2D eigenvalue weighted by Gasteiger charge is -2.14. The maximum absolute atomic E-state index is 13.0. The van der Waals surface area contributed by atoms with Crippen LogP contribution in [-0.4, -0.2) is 10.9 Å². The Morgan fingerprint density at radius 1 is 1.07 bits per heavy atom. The predicted molar refractivity (Wildman–Crippen MR) is 93.6 cm³/mol. The first-order valence-electron chi connectivity index (χ1n) is 8.07. The van der Waals surface area contributed by atoms with Crippen LogP contribution in [-0.2, 0) is 17.4 Å². The lowest BCUT2D eigenvalue weighted by atomic mass is 10.2. The number of rotatable bonds is 5. The van der Waals surface area contributed by atoms with Gasteiger partial charge >= 0.3 is 6.18 Å². The van der Waals surface area contributed by atoms with Crippen molar-refractivity contribution in [1.82, 2.24) is 10.4 Å². The number of hydrogen-bond acceptors (Lipinski definition) is 4. The van der Waals surface area contributed by atoms with Crippen molar-refractivity contribution in [2.45, 2.75) is 19.5 Å². The van der Waals surface area contributed by atoms with E-state index < -0.39 is 17.6 Å². The molecule has 3 rings (SSSR count). The molecule has 0 aliphatic rings. The zero-order valence-electron chi connectivity index (χ0n) is 14.3. The Labute approximate surface area is 153 Å². The first-order valence-corrected chi connectivity index (χ1v) is 8.07. The molecule has 27 heavy (non-hydrogen) atoms. The highest BCUT2D eigenvalue weighted by molar-refractivity contribution is 5.80. The fraction of sp³-hybridized carbons (Fsp3) is 0.158. The summed E-state index contributed by atoms with van der Waals surface area (Å²) in [5, 5.41) is 0. The highest BCUT2D eigenvalue weighted by atomic mass is 19.4. The van der Waals surface area contributed by atoms with Gasteiger partial charge in [0, 0.05) is 5.56 Å². The molecule has 2 N–H and O–H groups in total. The predicted octanol–water partition coefficient (Wildman–Crippen LogP) is 4.35. The second-order valence-electron chi connectivity index (χ2n) is 5.78. The molecule has 1 heterocycles. The SMILES string of the molecule is Cc1oc(-c2ccccc2)nc1CC(=O)NNc1ccccc1C(F)(F)F. The molecule has 1 aromatic heterocycles. The number of hydrazine groups is 1. The average Bonchev–Trinajstić information content (AvgIpc) is 3.01. The Balaban J connectivity index is 1.67. The minimum atomic E-state index is -4.53. The Morgan fingerprint density at radius 3 is 2.44 bits per heavy atom. The van der Waals surface area contributed by atoms with Crippen LogP contribution in [0.3, 0.4) is 0 Å². The summed E-state index contributed by atoms with van der Waals surface area (Å²) in [5.74, 6) is 0.314. The van der Waals surface area contributed by atoms with E-state index in [1.807, 2.05) is 30.3 Å². The van der Waals surface area contributed by atoms with E-state index in [9.17, 15) is 18.0 Å². The maximum Gasteiger partial charge on any atom is 0.418 e. The van der Waals surface area contributed by atoms with Crippen LogP contribution in [0.5, 0.6) is 0 Å². The fourth-order valence-electron chi connectivity index (χ4n) is 2.47. The van der Waals surface area contributed by atoms with Crippen molar-refractivity contribution in [3.63, 3.8) is 0 Å². The van der Waals surface area contributed by atoms with Crippen LogP contribution in [0.4, 0.5) is 18.9 Å². The van der Waals surface area contributed by atoms with Gasteiger partial charge in [0.1, 0.15) is 5.76 Å². The molecular weight excluding hydrogens is 359 g/mol. The van der Waals surface area contributed by atoms with E-state index in [2.05, 4.69) is 15.8 Å². The minimum absolute atomic E-state index is 0.136. The van der Waals surface area contributed by atoms with Crippen molar-refractivity contribution in [1.29, 1.82) is 0 Å². The van der Waals surface area contributed by atoms with Gasteiger partial charge in [0.05, 0.1) is 23.4 Å². The largest absolute Gasteiger partial charge is 0.441 e. The summed E-state index contributed by atoms with van der Waals surface area (Å²) in [7, 11) is 0. The molecule has 0 aliphatic heterocycles. The van der Waals surface area contributed by atoms with Crippen LogP contribution in [0, 0.1) is 6.92 Å². The van der Waals surface area contributed by atoms with Gasteiger partial charge in [-0.05, 0) is 31.2 Å². The molecule has 0 saturated heterocycles. The zero-order chi connectivity index (χ0) is 19.4. The number of carbonyl (C=O) groups is 1. The quantitative estimate of drug-likeness (QED) is 0.651. The molecule has 140 valence electrons. The van der Waals surface area contributed by atoms with E-state index >= 15 is 0 Å². The third-order valence-electron chi connectivity index (χ3n) is 3.81. The van der Waals surface area contributed by atoms with Crippen molar-refractivity contribution < 1.29 is 22.4 Å². The van der Waals surface area contributed by atoms with E-state index in [4.69, 9.17) is 4.42 Å². The first-order chi connectivity index (χ1) is 12.8. The van der Waals surface area contributed by atoms with Gasteiger partial charge in [-0.15, -0.1) is 0 Å². The molecule has 0 atom stereocenters. The highest BCUT2D eigenvalue weighted by Gasteiger charge is 2.33. The van der Waals surface area contributed by atoms with Crippen LogP contribution in [0.2, 0.25) is 0 Å². The molecule has 0 bridgehead atoms. The van der Waals surface area contributed by atoms with E-state index in [1.165, 1.54) is 18.2 Å². The number of aryl methyl sites for hydroxylation is 1. The van der Waals surface area contributed by atoms with Crippen molar-refractivity contribution in [2.24, 2.45) is 0 Å². The third-order valence-corrected chi connectivity index (χ3v) is 3.81. The van der Waals surface area contributed by atoms with E-state index in [1.54, 1.807) is 6.92 Å². The number of amides is 1. The molecule has 0 fully saturated rings. The summed E-state index contributed by atoms with van der Waals surface area (Å²) < 4.78 is 44.5. The second-order valence-corrected chi connectivity index (χ2v) is 5.78. The normalized spacial score (nSPS) is 11.3. The van der Waals surface area contributed by atoms with Crippen molar-refractivity contribution in [3.8, 4) is 11.5 Å². The molecule has 2 aromatic carbocycles. The number of alkyl halides is 3. The van der Waals surface area contributed by atoms with Crippen LogP contribution in [0.15, 0.2) is 59.0 Å². The van der Waals surface area contributed by atoms with Crippen LogP contribution in [0.1, 0.15) is 17.0 Å². The van der Waals surface area contributed by atoms with Gasteiger partial charge in [-0.2, -0.15) is 13.2 Å². The van der Waals surface area contributed by atoms with Crippen LogP contribution >= 0.6 is 0 Å². The molecule has 0 radical (unpaired) electrons. The van der Waals surface area contributed by atoms with Gasteiger partial charge in [0.25, 0.3) is 0 Å². The summed E-state index contributed by atoms with van der Waals surface area (Å²) in [5.41, 5.74) is 4.67. The molecule has 0 saturated carbocycles. The molecule has 1 amide bonds. The summed E-state index contributed by atoms with van der Waals surface area (Å²) in [6.45, 7) is 1.68. The number of para-hydroxylation sites is 1. The van der Waals surface area contributed by atoms with Crippen LogP contribution < -0.4 is 10.9 Å². The lowest BCUT2D eigenvalue weighted by molar-refractivity contribution is -0.137. The van der Waals surface area contributed by atoms with Gasteiger partial charge in [0.2, 0.25) is 11.8 Å². The summed E-state index contributed by atoms with van der Waals surface area (Å²) in [4.78, 5) is 16.4. The number of nitrogens with zero attached hydrogens (tertiary/aromatic N) is 1. The highest BCUT2D eigenvalue weighted by Crippen LogP contribution is 2.34. The summed E-state index contributed by atoms with van der Waals surface area (Å²) >= 11 is 0. The molecular formula is C19H16F3N3O2. The molecule has 0 aliphatic carbocycles. The van der Waals surface area contributed by atoms with Gasteiger partial charge in [-0.1, -0.05) is 30.3 Å². The van der Waals surface area contributed by atoms with E-state index in [0.29, 0.717) is 17.3 Å². The molecule has 8 heteroatoms. The number of nitrogens with one attached hydrogen (secondary N) is 2. The van der Waals surface area contributed by atoms with Gasteiger partial charge in [0.15, 0.2) is 0 Å². The van der Waals surface area contributed by atoms with Gasteiger partial charge < -0.3 is 4.42 Å². The standard InChI is InChI=1S/C19H16F3N3O2/c1-12-16(23-18(27-12)13-7-3-2-4-8-13)11-17(26)25-24-15-10-6-5-9-14(15)19(20,21)22/h2-10,24H,11H2,1H3,(H,25,26). The number of benzene rings is 2. The number of aromatic nitrogens is 1. The van der Waals surface area contributed by atoms with Crippen molar-refractivity contribution in [3.05, 3.63) is 71.6 Å². The Bertz CT molecular complexity index is 937. The van der Waals surface area contributed by atoms with Crippen molar-refractivity contribution in [2.75, 3.05) is 5.43 Å². The van der Waals surface area contributed by atoms with Gasteiger partial charge in [-0.3, -0.25) is 15.6 Å². The smallest absolute Gasteiger partial charge is 0.418 e. The molecule has 0 spiro atoms. The number of oxazole rings is 1. The topological polar surface area (TPSA) is 67.2 Å². The third kappa shape index (κ3) is 4.46. The lowest BCUT2D eigenvalue weighted by Crippen LogP contribution is -2.32. The minimum Gasteiger partial charge on any atom is -0.441 e. The Morgan fingerprint density at radius 2 is 1.74 bits per heavy atom.